The number of benzene rings is 1. The van der Waals surface area contributed by atoms with Crippen molar-refractivity contribution in [1.29, 1.82) is 0 Å². The molecule has 6 heteroatoms. The molecule has 1 aliphatic carbocycles. The predicted octanol–water partition coefficient (Wildman–Crippen LogP) is 2.41. The van der Waals surface area contributed by atoms with E-state index in [1.54, 1.807) is 17.9 Å². The molecule has 3 N–H and O–H groups in total. The molecule has 6 nitrogen and oxygen atoms in total. The molecule has 3 rings (SSSR count). The number of carbonyl (C=O) groups is 1. The van der Waals surface area contributed by atoms with Crippen molar-refractivity contribution in [3.8, 4) is 5.75 Å². The first-order valence-corrected chi connectivity index (χ1v) is 8.74. The van der Waals surface area contributed by atoms with E-state index in [4.69, 9.17) is 10.5 Å². The molecule has 1 fully saturated rings. The number of anilines is 1. The van der Waals surface area contributed by atoms with Crippen LogP contribution in [-0.2, 0) is 16.8 Å². The SMILES string of the molecule is COc1ccc(C2(CNC(=O)Cn3nc(C)cc3N)CCCC2)cc1. The van der Waals surface area contributed by atoms with Gasteiger partial charge in [-0.15, -0.1) is 0 Å². The number of aryl methyl sites for hydroxylation is 1. The standard InChI is InChI=1S/C19H26N4O2/c1-14-11-17(20)23(22-14)12-18(24)21-13-19(9-3-4-10-19)15-5-7-16(25-2)8-6-15/h5-8,11H,3-4,9-10,12-13,20H2,1-2H3,(H,21,24). The lowest BCUT2D eigenvalue weighted by Gasteiger charge is -2.30. The van der Waals surface area contributed by atoms with Crippen molar-refractivity contribution in [2.45, 2.75) is 44.6 Å². The van der Waals surface area contributed by atoms with Crippen LogP contribution in [0.5, 0.6) is 5.75 Å². The molecule has 0 spiro atoms. The van der Waals surface area contributed by atoms with Gasteiger partial charge in [-0.2, -0.15) is 5.10 Å². The number of ether oxygens (including phenoxy) is 1. The molecule has 0 saturated heterocycles. The van der Waals surface area contributed by atoms with Gasteiger partial charge in [0, 0.05) is 18.0 Å². The zero-order chi connectivity index (χ0) is 17.9. The smallest absolute Gasteiger partial charge is 0.241 e. The molecular formula is C19H26N4O2. The largest absolute Gasteiger partial charge is 0.497 e. The average Bonchev–Trinajstić information content (AvgIpc) is 3.21. The molecule has 0 unspecified atom stereocenters. The summed E-state index contributed by atoms with van der Waals surface area (Å²) < 4.78 is 6.79. The van der Waals surface area contributed by atoms with Gasteiger partial charge < -0.3 is 15.8 Å². The number of amides is 1. The van der Waals surface area contributed by atoms with Gasteiger partial charge in [-0.3, -0.25) is 4.79 Å². The third-order valence-corrected chi connectivity index (χ3v) is 5.11. The molecule has 1 aromatic carbocycles. The molecule has 1 heterocycles. The second-order valence-corrected chi connectivity index (χ2v) is 6.86. The van der Waals surface area contributed by atoms with Gasteiger partial charge in [0.15, 0.2) is 0 Å². The Hall–Kier alpha value is -2.50. The quantitative estimate of drug-likeness (QED) is 0.844. The van der Waals surface area contributed by atoms with E-state index in [0.717, 1.165) is 24.3 Å². The normalized spacial score (nSPS) is 15.9. The van der Waals surface area contributed by atoms with Crippen LogP contribution in [0.1, 0.15) is 36.9 Å². The summed E-state index contributed by atoms with van der Waals surface area (Å²) in [6.07, 6.45) is 4.55. The van der Waals surface area contributed by atoms with Crippen molar-refractivity contribution >= 4 is 11.7 Å². The van der Waals surface area contributed by atoms with Gasteiger partial charge in [0.05, 0.1) is 12.8 Å². The summed E-state index contributed by atoms with van der Waals surface area (Å²) in [7, 11) is 1.67. The molecule has 0 radical (unpaired) electrons. The monoisotopic (exact) mass is 342 g/mol. The average molecular weight is 342 g/mol. The topological polar surface area (TPSA) is 82.2 Å². The zero-order valence-electron chi connectivity index (χ0n) is 14.9. The maximum atomic E-state index is 12.4. The highest BCUT2D eigenvalue weighted by atomic mass is 16.5. The van der Waals surface area contributed by atoms with Crippen LogP contribution in [0.15, 0.2) is 30.3 Å². The number of nitrogens with one attached hydrogen (secondary N) is 1. The predicted molar refractivity (Wildman–Crippen MR) is 97.5 cm³/mol. The van der Waals surface area contributed by atoms with Crippen LogP contribution < -0.4 is 15.8 Å². The lowest BCUT2D eigenvalue weighted by molar-refractivity contribution is -0.122. The van der Waals surface area contributed by atoms with Crippen LogP contribution in [0.2, 0.25) is 0 Å². The van der Waals surface area contributed by atoms with Gasteiger partial charge in [0.25, 0.3) is 0 Å². The highest BCUT2D eigenvalue weighted by Gasteiger charge is 2.35. The molecular weight excluding hydrogens is 316 g/mol. The van der Waals surface area contributed by atoms with E-state index in [1.807, 2.05) is 19.1 Å². The van der Waals surface area contributed by atoms with E-state index in [-0.39, 0.29) is 17.9 Å². The summed E-state index contributed by atoms with van der Waals surface area (Å²) in [5, 5.41) is 7.33. The second kappa shape index (κ2) is 7.17. The van der Waals surface area contributed by atoms with E-state index in [9.17, 15) is 4.79 Å². The highest BCUT2D eigenvalue weighted by molar-refractivity contribution is 5.76. The number of rotatable bonds is 6. The van der Waals surface area contributed by atoms with Gasteiger partial charge in [-0.05, 0) is 37.5 Å². The highest BCUT2D eigenvalue weighted by Crippen LogP contribution is 2.41. The van der Waals surface area contributed by atoms with Crippen molar-refractivity contribution in [3.63, 3.8) is 0 Å². The molecule has 1 amide bonds. The van der Waals surface area contributed by atoms with E-state index in [2.05, 4.69) is 22.5 Å². The molecule has 134 valence electrons. The summed E-state index contributed by atoms with van der Waals surface area (Å²) in [5.74, 6) is 1.30. The minimum absolute atomic E-state index is 0.00745. The number of nitrogens with two attached hydrogens (primary N) is 1. The zero-order valence-corrected chi connectivity index (χ0v) is 14.9. The Bertz CT molecular complexity index is 730. The van der Waals surface area contributed by atoms with Gasteiger partial charge in [-0.25, -0.2) is 4.68 Å². The first kappa shape index (κ1) is 17.3. The Morgan fingerprint density at radius 2 is 2.00 bits per heavy atom. The van der Waals surface area contributed by atoms with Crippen LogP contribution in [0.25, 0.3) is 0 Å². The number of nitrogens with zero attached hydrogens (tertiary/aromatic N) is 2. The minimum Gasteiger partial charge on any atom is -0.497 e. The fourth-order valence-electron chi connectivity index (χ4n) is 3.72. The van der Waals surface area contributed by atoms with E-state index < -0.39 is 0 Å². The number of carbonyl (C=O) groups excluding carboxylic acids is 1. The van der Waals surface area contributed by atoms with Crippen LogP contribution >= 0.6 is 0 Å². The second-order valence-electron chi connectivity index (χ2n) is 6.86. The summed E-state index contributed by atoms with van der Waals surface area (Å²) in [6, 6.07) is 9.98. The third kappa shape index (κ3) is 3.78. The van der Waals surface area contributed by atoms with Gasteiger partial charge in [-0.1, -0.05) is 25.0 Å². The Balaban J connectivity index is 1.67. The van der Waals surface area contributed by atoms with Crippen molar-refractivity contribution in [2.75, 3.05) is 19.4 Å². The van der Waals surface area contributed by atoms with Crippen molar-refractivity contribution in [1.82, 2.24) is 15.1 Å². The first-order chi connectivity index (χ1) is 12.0. The summed E-state index contributed by atoms with van der Waals surface area (Å²) in [5.41, 5.74) is 7.95. The number of hydrogen-bond acceptors (Lipinski definition) is 4. The Morgan fingerprint density at radius 1 is 1.32 bits per heavy atom. The van der Waals surface area contributed by atoms with E-state index in [1.165, 1.54) is 18.4 Å². The fraction of sp³-hybridized carbons (Fsp3) is 0.474. The van der Waals surface area contributed by atoms with Crippen LogP contribution in [0.3, 0.4) is 0 Å². The van der Waals surface area contributed by atoms with Gasteiger partial charge >= 0.3 is 0 Å². The molecule has 25 heavy (non-hydrogen) atoms. The Labute approximate surface area is 148 Å². The maximum Gasteiger partial charge on any atom is 0.241 e. The fourth-order valence-corrected chi connectivity index (χ4v) is 3.72. The lowest BCUT2D eigenvalue weighted by atomic mass is 9.78. The molecule has 0 atom stereocenters. The molecule has 2 aromatic rings. The first-order valence-electron chi connectivity index (χ1n) is 8.74. The van der Waals surface area contributed by atoms with Crippen LogP contribution in [0.4, 0.5) is 5.82 Å². The van der Waals surface area contributed by atoms with E-state index in [0.29, 0.717) is 12.4 Å². The Kier molecular flexibility index (Phi) is 4.97. The lowest BCUT2D eigenvalue weighted by Crippen LogP contribution is -2.40. The molecule has 0 aliphatic heterocycles. The number of methoxy groups -OCH3 is 1. The molecule has 1 aliphatic rings. The third-order valence-electron chi connectivity index (χ3n) is 5.11. The van der Waals surface area contributed by atoms with Crippen molar-refractivity contribution < 1.29 is 9.53 Å². The van der Waals surface area contributed by atoms with Gasteiger partial charge in [0.1, 0.15) is 18.1 Å². The number of aromatic nitrogens is 2. The van der Waals surface area contributed by atoms with Crippen LogP contribution in [0, 0.1) is 6.92 Å². The molecule has 1 saturated carbocycles. The summed E-state index contributed by atoms with van der Waals surface area (Å²) in [4.78, 5) is 12.4. The van der Waals surface area contributed by atoms with Crippen molar-refractivity contribution in [3.05, 3.63) is 41.6 Å². The molecule has 0 bridgehead atoms. The van der Waals surface area contributed by atoms with E-state index >= 15 is 0 Å². The number of nitrogen functional groups attached to an aromatic ring is 1. The summed E-state index contributed by atoms with van der Waals surface area (Å²) in [6.45, 7) is 2.65. The van der Waals surface area contributed by atoms with Gasteiger partial charge in [0.2, 0.25) is 5.91 Å². The summed E-state index contributed by atoms with van der Waals surface area (Å²) >= 11 is 0. The molecule has 1 aromatic heterocycles. The Morgan fingerprint density at radius 3 is 2.56 bits per heavy atom. The minimum atomic E-state index is -0.0606. The van der Waals surface area contributed by atoms with Crippen LogP contribution in [-0.4, -0.2) is 29.3 Å². The maximum absolute atomic E-state index is 12.4. The number of hydrogen-bond donors (Lipinski definition) is 2. The van der Waals surface area contributed by atoms with Crippen molar-refractivity contribution in [2.24, 2.45) is 0 Å².